The molecule has 4 atom stereocenters. The summed E-state index contributed by atoms with van der Waals surface area (Å²) in [6, 6.07) is 12.2. The summed E-state index contributed by atoms with van der Waals surface area (Å²) in [6.07, 6.45) is 4.99. The lowest BCUT2D eigenvalue weighted by Crippen LogP contribution is -2.32. The van der Waals surface area contributed by atoms with Crippen LogP contribution >= 0.6 is 0 Å². The van der Waals surface area contributed by atoms with Crippen LogP contribution < -0.4 is 10.2 Å². The first-order chi connectivity index (χ1) is 14.4. The Hall–Kier alpha value is -3.74. The minimum atomic E-state index is -1.04. The van der Waals surface area contributed by atoms with Crippen LogP contribution in [0, 0.1) is 23.7 Å². The Morgan fingerprint density at radius 3 is 1.90 bits per heavy atom. The molecule has 2 N–H and O–H groups in total. The molecular formula is C23H18N2O5. The molecule has 3 amide bonds. The summed E-state index contributed by atoms with van der Waals surface area (Å²) in [7, 11) is 0. The average molecular weight is 402 g/mol. The number of nitrogens with zero attached hydrogens (tertiary/aromatic N) is 1. The van der Waals surface area contributed by atoms with Gasteiger partial charge in [-0.05, 0) is 66.8 Å². The molecule has 0 unspecified atom stereocenters. The van der Waals surface area contributed by atoms with Gasteiger partial charge in [0, 0.05) is 11.3 Å². The summed E-state index contributed by atoms with van der Waals surface area (Å²) in [5.74, 6) is -1.94. The zero-order chi connectivity index (χ0) is 21.0. The molecule has 1 aliphatic heterocycles. The highest BCUT2D eigenvalue weighted by Crippen LogP contribution is 2.53. The predicted molar refractivity (Wildman–Crippen MR) is 108 cm³/mol. The van der Waals surface area contributed by atoms with Gasteiger partial charge in [0.15, 0.2) is 0 Å². The van der Waals surface area contributed by atoms with Gasteiger partial charge >= 0.3 is 5.97 Å². The highest BCUT2D eigenvalue weighted by Gasteiger charge is 2.59. The monoisotopic (exact) mass is 402 g/mol. The zero-order valence-electron chi connectivity index (χ0n) is 15.8. The molecular weight excluding hydrogens is 384 g/mol. The molecule has 3 aliphatic rings. The Morgan fingerprint density at radius 1 is 0.833 bits per heavy atom. The molecule has 1 saturated heterocycles. The maximum Gasteiger partial charge on any atom is 0.335 e. The highest BCUT2D eigenvalue weighted by atomic mass is 16.4. The molecule has 2 aromatic rings. The molecule has 1 heterocycles. The number of amides is 3. The number of carbonyl (C=O) groups is 4. The summed E-state index contributed by atoms with van der Waals surface area (Å²) >= 11 is 0. The van der Waals surface area contributed by atoms with Crippen LogP contribution in [0.4, 0.5) is 11.4 Å². The van der Waals surface area contributed by atoms with Crippen LogP contribution in [0.3, 0.4) is 0 Å². The molecule has 0 radical (unpaired) electrons. The molecule has 2 aliphatic carbocycles. The molecule has 0 spiro atoms. The minimum absolute atomic E-state index is 0.130. The number of rotatable bonds is 4. The number of allylic oxidation sites excluding steroid dienone is 2. The zero-order valence-corrected chi connectivity index (χ0v) is 15.8. The third-order valence-corrected chi connectivity index (χ3v) is 6.25. The second-order valence-electron chi connectivity index (χ2n) is 7.90. The lowest BCUT2D eigenvalue weighted by atomic mass is 9.85. The maximum atomic E-state index is 12.9. The Morgan fingerprint density at radius 2 is 1.37 bits per heavy atom. The quantitative estimate of drug-likeness (QED) is 0.605. The average Bonchev–Trinajstić information content (AvgIpc) is 3.42. The van der Waals surface area contributed by atoms with E-state index in [2.05, 4.69) is 17.5 Å². The van der Waals surface area contributed by atoms with Crippen molar-refractivity contribution in [2.24, 2.45) is 23.7 Å². The van der Waals surface area contributed by atoms with Crippen LogP contribution in [0.15, 0.2) is 60.7 Å². The molecule has 150 valence electrons. The lowest BCUT2D eigenvalue weighted by molar-refractivity contribution is -0.123. The normalized spacial score (nSPS) is 26.2. The van der Waals surface area contributed by atoms with Gasteiger partial charge in [-0.3, -0.25) is 19.3 Å². The Labute approximate surface area is 172 Å². The number of benzene rings is 2. The number of anilines is 2. The van der Waals surface area contributed by atoms with Crippen molar-refractivity contribution in [3.8, 4) is 0 Å². The van der Waals surface area contributed by atoms with Crippen LogP contribution in [0.1, 0.15) is 27.1 Å². The second kappa shape index (κ2) is 6.66. The van der Waals surface area contributed by atoms with E-state index in [0.717, 1.165) is 6.42 Å². The van der Waals surface area contributed by atoms with E-state index in [-0.39, 0.29) is 47.0 Å². The molecule has 5 rings (SSSR count). The first-order valence-electron chi connectivity index (χ1n) is 9.75. The summed E-state index contributed by atoms with van der Waals surface area (Å²) in [5.41, 5.74) is 1.43. The number of hydrogen-bond acceptors (Lipinski definition) is 4. The Bertz CT molecular complexity index is 1070. The van der Waals surface area contributed by atoms with Gasteiger partial charge < -0.3 is 10.4 Å². The van der Waals surface area contributed by atoms with Gasteiger partial charge in [-0.2, -0.15) is 0 Å². The fourth-order valence-electron chi connectivity index (χ4n) is 4.82. The van der Waals surface area contributed by atoms with E-state index in [1.54, 1.807) is 24.3 Å². The van der Waals surface area contributed by atoms with E-state index in [9.17, 15) is 19.2 Å². The number of imide groups is 1. The predicted octanol–water partition coefficient (Wildman–Crippen LogP) is 2.95. The molecule has 1 saturated carbocycles. The first kappa shape index (κ1) is 18.3. The van der Waals surface area contributed by atoms with E-state index in [0.29, 0.717) is 16.9 Å². The summed E-state index contributed by atoms with van der Waals surface area (Å²) in [6.45, 7) is 0. The van der Waals surface area contributed by atoms with Crippen molar-refractivity contribution in [1.82, 2.24) is 0 Å². The third kappa shape index (κ3) is 2.74. The molecule has 2 bridgehead atoms. The molecule has 7 nitrogen and oxygen atoms in total. The summed E-state index contributed by atoms with van der Waals surface area (Å²) in [4.78, 5) is 50.4. The molecule has 0 aromatic heterocycles. The van der Waals surface area contributed by atoms with Crippen molar-refractivity contribution >= 4 is 35.1 Å². The lowest BCUT2D eigenvalue weighted by Gasteiger charge is -2.17. The smallest absolute Gasteiger partial charge is 0.335 e. The van der Waals surface area contributed by atoms with Gasteiger partial charge in [0.2, 0.25) is 11.8 Å². The van der Waals surface area contributed by atoms with Gasteiger partial charge in [-0.15, -0.1) is 0 Å². The van der Waals surface area contributed by atoms with E-state index in [1.165, 1.54) is 29.2 Å². The van der Waals surface area contributed by atoms with Crippen LogP contribution in [-0.2, 0) is 9.59 Å². The number of fused-ring (bicyclic) bond motifs is 5. The maximum absolute atomic E-state index is 12.9. The van der Waals surface area contributed by atoms with Crippen molar-refractivity contribution in [3.63, 3.8) is 0 Å². The first-order valence-corrected chi connectivity index (χ1v) is 9.75. The van der Waals surface area contributed by atoms with Crippen molar-refractivity contribution < 1.29 is 24.3 Å². The van der Waals surface area contributed by atoms with Gasteiger partial charge in [-0.1, -0.05) is 12.2 Å². The largest absolute Gasteiger partial charge is 0.478 e. The van der Waals surface area contributed by atoms with Crippen molar-refractivity contribution in [2.75, 3.05) is 10.2 Å². The third-order valence-electron chi connectivity index (χ3n) is 6.25. The van der Waals surface area contributed by atoms with E-state index >= 15 is 0 Å². The highest BCUT2D eigenvalue weighted by molar-refractivity contribution is 6.23. The molecule has 30 heavy (non-hydrogen) atoms. The summed E-state index contributed by atoms with van der Waals surface area (Å²) in [5, 5.41) is 11.6. The molecule has 2 aromatic carbocycles. The molecule has 2 fully saturated rings. The van der Waals surface area contributed by atoms with Gasteiger partial charge in [-0.25, -0.2) is 4.79 Å². The van der Waals surface area contributed by atoms with E-state index in [4.69, 9.17) is 5.11 Å². The van der Waals surface area contributed by atoms with Crippen LogP contribution in [0.2, 0.25) is 0 Å². The Kier molecular flexibility index (Phi) is 4.06. The number of carbonyl (C=O) groups excluding carboxylic acids is 3. The van der Waals surface area contributed by atoms with Gasteiger partial charge in [0.05, 0.1) is 23.1 Å². The van der Waals surface area contributed by atoms with Gasteiger partial charge in [0.1, 0.15) is 0 Å². The van der Waals surface area contributed by atoms with Crippen molar-refractivity contribution in [3.05, 3.63) is 71.8 Å². The second-order valence-corrected chi connectivity index (χ2v) is 7.90. The topological polar surface area (TPSA) is 104 Å². The fourth-order valence-corrected chi connectivity index (χ4v) is 4.82. The SMILES string of the molecule is O=C(O)c1ccc(NC(=O)c2ccc(N3C(=O)[C@@H]4[C@H](C3=O)[C@@H]3C=C[C@H]4C3)cc2)cc1. The minimum Gasteiger partial charge on any atom is -0.478 e. The van der Waals surface area contributed by atoms with Crippen LogP contribution in [0.5, 0.6) is 0 Å². The Balaban J connectivity index is 1.31. The van der Waals surface area contributed by atoms with E-state index < -0.39 is 5.97 Å². The number of carboxylic acid groups (broad SMARTS) is 1. The van der Waals surface area contributed by atoms with Gasteiger partial charge in [0.25, 0.3) is 5.91 Å². The van der Waals surface area contributed by atoms with Crippen molar-refractivity contribution in [2.45, 2.75) is 6.42 Å². The summed E-state index contributed by atoms with van der Waals surface area (Å²) < 4.78 is 0. The number of nitrogens with one attached hydrogen (secondary N) is 1. The molecule has 7 heteroatoms. The number of carboxylic acids is 1. The number of aromatic carboxylic acids is 1. The van der Waals surface area contributed by atoms with Crippen LogP contribution in [-0.4, -0.2) is 28.8 Å². The standard InChI is InChI=1S/C23H18N2O5/c26-20(24-16-7-3-13(4-8-16)23(29)30)12-5-9-17(10-6-12)25-21(27)18-14-1-2-15(11-14)19(18)22(25)28/h1-10,14-15,18-19H,11H2,(H,24,26)(H,29,30)/t14-,15+,18-,19+. The number of hydrogen-bond donors (Lipinski definition) is 2. The van der Waals surface area contributed by atoms with Crippen molar-refractivity contribution in [1.29, 1.82) is 0 Å². The fraction of sp³-hybridized carbons (Fsp3) is 0.217. The van der Waals surface area contributed by atoms with E-state index in [1.807, 2.05) is 0 Å². The van der Waals surface area contributed by atoms with Crippen LogP contribution in [0.25, 0.3) is 0 Å².